The van der Waals surface area contributed by atoms with Crippen molar-refractivity contribution in [2.45, 2.75) is 12.6 Å². The number of nitrogens with one attached hydrogen (secondary N) is 1. The molecular formula is C18H28F3IN4O3. The van der Waals surface area contributed by atoms with Gasteiger partial charge in [0, 0.05) is 27.7 Å². The van der Waals surface area contributed by atoms with Gasteiger partial charge in [0.1, 0.15) is 6.54 Å². The Morgan fingerprint density at radius 3 is 2.28 bits per heavy atom. The predicted molar refractivity (Wildman–Crippen MR) is 116 cm³/mol. The van der Waals surface area contributed by atoms with E-state index in [-0.39, 0.29) is 30.5 Å². The molecule has 0 unspecified atom stereocenters. The predicted octanol–water partition coefficient (Wildman–Crippen LogP) is 2.39. The monoisotopic (exact) mass is 532 g/mol. The highest BCUT2D eigenvalue weighted by atomic mass is 127. The van der Waals surface area contributed by atoms with E-state index in [1.54, 1.807) is 33.2 Å². The zero-order valence-electron chi connectivity index (χ0n) is 17.2. The van der Waals surface area contributed by atoms with E-state index >= 15 is 0 Å². The molecule has 0 atom stereocenters. The molecule has 11 heteroatoms. The average Bonchev–Trinajstić information content (AvgIpc) is 2.64. The molecule has 7 nitrogen and oxygen atoms in total. The van der Waals surface area contributed by atoms with Gasteiger partial charge in [-0.05, 0) is 24.1 Å². The van der Waals surface area contributed by atoms with Gasteiger partial charge in [0.25, 0.3) is 0 Å². The molecule has 1 aromatic carbocycles. The van der Waals surface area contributed by atoms with Crippen molar-refractivity contribution in [1.29, 1.82) is 0 Å². The second-order valence-corrected chi connectivity index (χ2v) is 6.13. The van der Waals surface area contributed by atoms with Gasteiger partial charge in [-0.15, -0.1) is 24.0 Å². The highest BCUT2D eigenvalue weighted by Gasteiger charge is 2.31. The fourth-order valence-electron chi connectivity index (χ4n) is 2.47. The molecule has 1 amide bonds. The summed E-state index contributed by atoms with van der Waals surface area (Å²) >= 11 is 0. The van der Waals surface area contributed by atoms with Gasteiger partial charge >= 0.3 is 6.18 Å². The van der Waals surface area contributed by atoms with Crippen LogP contribution in [0.15, 0.2) is 23.2 Å². The van der Waals surface area contributed by atoms with E-state index in [0.29, 0.717) is 35.3 Å². The molecule has 0 fully saturated rings. The number of alkyl halides is 3. The number of hydrogen-bond acceptors (Lipinski definition) is 4. The van der Waals surface area contributed by atoms with Gasteiger partial charge < -0.3 is 24.6 Å². The van der Waals surface area contributed by atoms with Crippen molar-refractivity contribution >= 4 is 35.8 Å². The summed E-state index contributed by atoms with van der Waals surface area (Å²) in [5.41, 5.74) is 1.01. The molecule has 1 rings (SSSR count). The van der Waals surface area contributed by atoms with Gasteiger partial charge in [-0.3, -0.25) is 9.79 Å². The molecule has 0 aromatic heterocycles. The Morgan fingerprint density at radius 1 is 1.14 bits per heavy atom. The molecule has 0 aliphatic carbocycles. The number of likely N-dealkylation sites (N-methyl/N-ethyl adjacent to an activating group) is 2. The summed E-state index contributed by atoms with van der Waals surface area (Å²) in [6.07, 6.45) is -3.76. The minimum absolute atomic E-state index is 0. The number of aliphatic imine (C=N–C) groups is 1. The highest BCUT2D eigenvalue weighted by molar-refractivity contribution is 14.0. The molecule has 0 aliphatic heterocycles. The minimum Gasteiger partial charge on any atom is -0.493 e. The first kappa shape index (κ1) is 27.1. The third-order valence-corrected chi connectivity index (χ3v) is 4.00. The first-order chi connectivity index (χ1) is 13.1. The number of carbonyl (C=O) groups is 1. The summed E-state index contributed by atoms with van der Waals surface area (Å²) in [6, 6.07) is 5.61. The van der Waals surface area contributed by atoms with E-state index in [2.05, 4.69) is 10.3 Å². The third-order valence-electron chi connectivity index (χ3n) is 4.00. The van der Waals surface area contributed by atoms with Crippen molar-refractivity contribution in [3.05, 3.63) is 23.8 Å². The lowest BCUT2D eigenvalue weighted by Crippen LogP contribution is -2.46. The summed E-state index contributed by atoms with van der Waals surface area (Å²) in [5, 5.41) is 2.79. The van der Waals surface area contributed by atoms with Crippen LogP contribution in [-0.4, -0.2) is 82.8 Å². The number of ether oxygens (including phenoxy) is 2. The van der Waals surface area contributed by atoms with Crippen LogP contribution in [0.25, 0.3) is 0 Å². The first-order valence-electron chi connectivity index (χ1n) is 8.54. The van der Waals surface area contributed by atoms with E-state index in [0.717, 1.165) is 12.6 Å². The standard InChI is InChI=1S/C18H27F3N4O3.HI/c1-22-17(23-11-16(26)25(3)12-18(19,20)21)24(2)9-8-13-6-7-14(27-4)15(10-13)28-5;/h6-7,10H,8-9,11-12H2,1-5H3,(H,22,23);1H. The van der Waals surface area contributed by atoms with E-state index in [1.165, 1.54) is 0 Å². The quantitative estimate of drug-likeness (QED) is 0.317. The van der Waals surface area contributed by atoms with Crippen molar-refractivity contribution in [3.8, 4) is 11.5 Å². The lowest BCUT2D eigenvalue weighted by Gasteiger charge is -2.24. The second-order valence-electron chi connectivity index (χ2n) is 6.13. The number of amides is 1. The van der Waals surface area contributed by atoms with Crippen LogP contribution in [0.5, 0.6) is 11.5 Å². The molecule has 0 spiro atoms. The number of benzene rings is 1. The zero-order valence-corrected chi connectivity index (χ0v) is 19.5. The van der Waals surface area contributed by atoms with Crippen LogP contribution in [0.2, 0.25) is 0 Å². The lowest BCUT2D eigenvalue weighted by molar-refractivity contribution is -0.157. The van der Waals surface area contributed by atoms with Gasteiger partial charge in [-0.25, -0.2) is 0 Å². The topological polar surface area (TPSA) is 66.4 Å². The molecule has 29 heavy (non-hydrogen) atoms. The van der Waals surface area contributed by atoms with E-state index in [9.17, 15) is 18.0 Å². The summed E-state index contributed by atoms with van der Waals surface area (Å²) < 4.78 is 47.6. The van der Waals surface area contributed by atoms with Gasteiger partial charge in [0.2, 0.25) is 5.91 Å². The van der Waals surface area contributed by atoms with E-state index in [4.69, 9.17) is 9.47 Å². The highest BCUT2D eigenvalue weighted by Crippen LogP contribution is 2.27. The molecular weight excluding hydrogens is 504 g/mol. The normalized spacial score (nSPS) is 11.4. The number of guanidine groups is 1. The maximum Gasteiger partial charge on any atom is 0.406 e. The van der Waals surface area contributed by atoms with Crippen LogP contribution in [0.1, 0.15) is 5.56 Å². The Kier molecular flexibility index (Phi) is 11.8. The van der Waals surface area contributed by atoms with Crippen LogP contribution < -0.4 is 14.8 Å². The van der Waals surface area contributed by atoms with E-state index < -0.39 is 18.6 Å². The molecule has 0 radical (unpaired) electrons. The van der Waals surface area contributed by atoms with Crippen molar-refractivity contribution in [2.75, 3.05) is 55.0 Å². The second kappa shape index (κ2) is 12.6. The minimum atomic E-state index is -4.43. The molecule has 0 saturated heterocycles. The Balaban J connectivity index is 0.00000784. The first-order valence-corrected chi connectivity index (χ1v) is 8.54. The Bertz CT molecular complexity index is 687. The fourth-order valence-corrected chi connectivity index (χ4v) is 2.47. The zero-order chi connectivity index (χ0) is 21.3. The van der Waals surface area contributed by atoms with Gasteiger partial charge in [-0.1, -0.05) is 6.07 Å². The van der Waals surface area contributed by atoms with Crippen molar-refractivity contribution < 1.29 is 27.4 Å². The van der Waals surface area contributed by atoms with Crippen LogP contribution >= 0.6 is 24.0 Å². The van der Waals surface area contributed by atoms with Crippen molar-refractivity contribution in [1.82, 2.24) is 15.1 Å². The number of halogens is 4. The summed E-state index contributed by atoms with van der Waals surface area (Å²) in [7, 11) is 7.56. The number of hydrogen-bond donors (Lipinski definition) is 1. The number of rotatable bonds is 8. The molecule has 166 valence electrons. The summed E-state index contributed by atoms with van der Waals surface area (Å²) in [6.45, 7) is -0.997. The number of nitrogens with zero attached hydrogens (tertiary/aromatic N) is 3. The van der Waals surface area contributed by atoms with Crippen molar-refractivity contribution in [3.63, 3.8) is 0 Å². The molecule has 0 bridgehead atoms. The summed E-state index contributed by atoms with van der Waals surface area (Å²) in [5.74, 6) is 1.00. The Hall–Kier alpha value is -1.92. The SMILES string of the molecule is CN=C(NCC(=O)N(C)CC(F)(F)F)N(C)CCc1ccc(OC)c(OC)c1.I. The van der Waals surface area contributed by atoms with Crippen molar-refractivity contribution in [2.24, 2.45) is 4.99 Å². The summed E-state index contributed by atoms with van der Waals surface area (Å²) in [4.78, 5) is 18.3. The largest absolute Gasteiger partial charge is 0.493 e. The third kappa shape index (κ3) is 9.41. The molecule has 1 N–H and O–H groups in total. The van der Waals surface area contributed by atoms with Gasteiger partial charge in [0.15, 0.2) is 17.5 Å². The maximum absolute atomic E-state index is 12.4. The van der Waals surface area contributed by atoms with Gasteiger partial charge in [0.05, 0.1) is 20.8 Å². The van der Waals surface area contributed by atoms with Crippen LogP contribution in [0, 0.1) is 0 Å². The Labute approximate surface area is 186 Å². The average molecular weight is 532 g/mol. The van der Waals surface area contributed by atoms with Crippen LogP contribution in [0.4, 0.5) is 13.2 Å². The number of methoxy groups -OCH3 is 2. The maximum atomic E-state index is 12.4. The lowest BCUT2D eigenvalue weighted by atomic mass is 10.1. The smallest absolute Gasteiger partial charge is 0.406 e. The fraction of sp³-hybridized carbons (Fsp3) is 0.556. The molecule has 0 aliphatic rings. The Morgan fingerprint density at radius 2 is 1.76 bits per heavy atom. The van der Waals surface area contributed by atoms with Crippen LogP contribution in [0.3, 0.4) is 0 Å². The molecule has 0 saturated carbocycles. The number of carbonyl (C=O) groups excluding carboxylic acids is 1. The van der Waals surface area contributed by atoms with E-state index in [1.807, 2.05) is 18.2 Å². The molecule has 0 heterocycles. The van der Waals surface area contributed by atoms with Gasteiger partial charge in [-0.2, -0.15) is 13.2 Å². The van der Waals surface area contributed by atoms with Crippen LogP contribution in [-0.2, 0) is 11.2 Å². The molecule has 1 aromatic rings.